The monoisotopic (exact) mass is 272 g/mol. The fraction of sp³-hybridized carbons (Fsp3) is 0.857. The summed E-state index contributed by atoms with van der Waals surface area (Å²) in [6.07, 6.45) is 8.43. The summed E-state index contributed by atoms with van der Waals surface area (Å²) >= 11 is 4.99. The first-order valence-electron chi connectivity index (χ1n) is 7.07. The molecular formula is C14H28N2OS. The van der Waals surface area contributed by atoms with Crippen molar-refractivity contribution in [1.29, 1.82) is 0 Å². The van der Waals surface area contributed by atoms with Crippen molar-refractivity contribution in [3.05, 3.63) is 0 Å². The lowest BCUT2D eigenvalue weighted by Crippen LogP contribution is -2.54. The lowest BCUT2D eigenvalue weighted by atomic mass is 9.98. The second-order valence-electron chi connectivity index (χ2n) is 5.12. The van der Waals surface area contributed by atoms with Crippen LogP contribution in [0.15, 0.2) is 0 Å². The maximum absolute atomic E-state index is 11.8. The van der Waals surface area contributed by atoms with Crippen LogP contribution >= 0.6 is 12.2 Å². The van der Waals surface area contributed by atoms with Crippen LogP contribution in [-0.4, -0.2) is 16.4 Å². The van der Waals surface area contributed by atoms with Gasteiger partial charge in [-0.25, -0.2) is 0 Å². The number of nitrogens with one attached hydrogen (secondary N) is 1. The van der Waals surface area contributed by atoms with Gasteiger partial charge in [0.2, 0.25) is 5.91 Å². The van der Waals surface area contributed by atoms with Gasteiger partial charge in [-0.2, -0.15) is 0 Å². The molecule has 0 fully saturated rings. The van der Waals surface area contributed by atoms with Crippen molar-refractivity contribution in [2.75, 3.05) is 0 Å². The van der Waals surface area contributed by atoms with Crippen LogP contribution in [0, 0.1) is 0 Å². The highest BCUT2D eigenvalue weighted by atomic mass is 32.1. The first kappa shape index (κ1) is 17.4. The molecule has 0 rings (SSSR count). The standard InChI is InChI=1S/C14H28N2OS/c1-4-6-7-8-9-10-11-12(17)16-14(3,5-2)13(15)18/h4-11H2,1-3H3,(H2,15,18)(H,16,17). The predicted octanol–water partition coefficient (Wildman–Crippen LogP) is 3.31. The highest BCUT2D eigenvalue weighted by Gasteiger charge is 2.26. The minimum atomic E-state index is -0.533. The van der Waals surface area contributed by atoms with Gasteiger partial charge >= 0.3 is 0 Å². The highest BCUT2D eigenvalue weighted by Crippen LogP contribution is 2.11. The second-order valence-corrected chi connectivity index (χ2v) is 5.56. The van der Waals surface area contributed by atoms with Gasteiger partial charge < -0.3 is 11.1 Å². The van der Waals surface area contributed by atoms with E-state index in [0.717, 1.165) is 19.3 Å². The van der Waals surface area contributed by atoms with Crippen LogP contribution < -0.4 is 11.1 Å². The number of carbonyl (C=O) groups is 1. The summed E-state index contributed by atoms with van der Waals surface area (Å²) in [5.41, 5.74) is 5.12. The minimum Gasteiger partial charge on any atom is -0.391 e. The van der Waals surface area contributed by atoms with Crippen molar-refractivity contribution >= 4 is 23.1 Å². The molecular weight excluding hydrogens is 244 g/mol. The van der Waals surface area contributed by atoms with Crippen molar-refractivity contribution in [2.24, 2.45) is 5.73 Å². The third-order valence-corrected chi connectivity index (χ3v) is 3.87. The Kier molecular flexibility index (Phi) is 8.98. The molecule has 0 radical (unpaired) electrons. The SMILES string of the molecule is CCCCCCCCC(=O)NC(C)(CC)C(N)=S. The van der Waals surface area contributed by atoms with E-state index >= 15 is 0 Å². The van der Waals surface area contributed by atoms with Crippen molar-refractivity contribution in [3.8, 4) is 0 Å². The summed E-state index contributed by atoms with van der Waals surface area (Å²) in [6.45, 7) is 6.06. The van der Waals surface area contributed by atoms with E-state index in [1.54, 1.807) is 0 Å². The molecule has 0 saturated heterocycles. The highest BCUT2D eigenvalue weighted by molar-refractivity contribution is 7.80. The molecule has 0 aromatic heterocycles. The number of carbonyl (C=O) groups excluding carboxylic acids is 1. The zero-order valence-electron chi connectivity index (χ0n) is 12.1. The van der Waals surface area contributed by atoms with E-state index in [4.69, 9.17) is 18.0 Å². The van der Waals surface area contributed by atoms with E-state index in [1.165, 1.54) is 25.7 Å². The van der Waals surface area contributed by atoms with Gasteiger partial charge in [-0.05, 0) is 19.8 Å². The lowest BCUT2D eigenvalue weighted by Gasteiger charge is -2.28. The van der Waals surface area contributed by atoms with E-state index in [9.17, 15) is 4.79 Å². The Morgan fingerprint density at radius 2 is 1.72 bits per heavy atom. The molecule has 0 saturated carbocycles. The largest absolute Gasteiger partial charge is 0.391 e. The maximum atomic E-state index is 11.8. The molecule has 1 amide bonds. The lowest BCUT2D eigenvalue weighted by molar-refractivity contribution is -0.122. The summed E-state index contributed by atoms with van der Waals surface area (Å²) < 4.78 is 0. The second kappa shape index (κ2) is 9.31. The van der Waals surface area contributed by atoms with E-state index in [0.29, 0.717) is 11.4 Å². The van der Waals surface area contributed by atoms with Crippen LogP contribution in [0.3, 0.4) is 0 Å². The summed E-state index contributed by atoms with van der Waals surface area (Å²) in [6, 6.07) is 0. The molecule has 0 bridgehead atoms. The van der Waals surface area contributed by atoms with Crippen molar-refractivity contribution in [2.45, 2.75) is 77.7 Å². The quantitative estimate of drug-likeness (QED) is 0.474. The molecule has 4 heteroatoms. The van der Waals surface area contributed by atoms with Gasteiger partial charge in [0, 0.05) is 6.42 Å². The Morgan fingerprint density at radius 1 is 1.17 bits per heavy atom. The van der Waals surface area contributed by atoms with Crippen LogP contribution in [-0.2, 0) is 4.79 Å². The molecule has 0 aromatic rings. The molecule has 3 N–H and O–H groups in total. The third kappa shape index (κ3) is 6.94. The fourth-order valence-corrected chi connectivity index (χ4v) is 1.96. The Hall–Kier alpha value is -0.640. The predicted molar refractivity (Wildman–Crippen MR) is 81.6 cm³/mol. The Labute approximate surface area is 117 Å². The van der Waals surface area contributed by atoms with E-state index in [-0.39, 0.29) is 5.91 Å². The molecule has 106 valence electrons. The van der Waals surface area contributed by atoms with Gasteiger partial charge in [0.15, 0.2) is 0 Å². The average molecular weight is 272 g/mol. The zero-order valence-corrected chi connectivity index (χ0v) is 12.9. The van der Waals surface area contributed by atoms with Gasteiger partial charge in [0.25, 0.3) is 0 Å². The van der Waals surface area contributed by atoms with Crippen LogP contribution in [0.1, 0.15) is 72.1 Å². The summed E-state index contributed by atoms with van der Waals surface area (Å²) in [5.74, 6) is 0.0580. The van der Waals surface area contributed by atoms with Gasteiger partial charge in [-0.1, -0.05) is 58.2 Å². The molecule has 1 atom stereocenters. The van der Waals surface area contributed by atoms with E-state index in [2.05, 4.69) is 12.2 Å². The van der Waals surface area contributed by atoms with Gasteiger partial charge in [-0.3, -0.25) is 4.79 Å². The molecule has 0 heterocycles. The molecule has 0 spiro atoms. The molecule has 0 aromatic carbocycles. The summed E-state index contributed by atoms with van der Waals surface area (Å²) in [4.78, 5) is 12.1. The third-order valence-electron chi connectivity index (χ3n) is 3.42. The first-order valence-corrected chi connectivity index (χ1v) is 7.48. The van der Waals surface area contributed by atoms with Crippen LogP contribution in [0.4, 0.5) is 0 Å². The molecule has 0 aliphatic carbocycles. The number of amides is 1. The smallest absolute Gasteiger partial charge is 0.220 e. The number of rotatable bonds is 10. The molecule has 3 nitrogen and oxygen atoms in total. The molecule has 18 heavy (non-hydrogen) atoms. The number of unbranched alkanes of at least 4 members (excludes halogenated alkanes) is 5. The van der Waals surface area contributed by atoms with E-state index in [1.807, 2.05) is 13.8 Å². The number of hydrogen-bond donors (Lipinski definition) is 2. The van der Waals surface area contributed by atoms with Crippen molar-refractivity contribution in [3.63, 3.8) is 0 Å². The number of thiocarbonyl (C=S) groups is 1. The van der Waals surface area contributed by atoms with Crippen molar-refractivity contribution in [1.82, 2.24) is 5.32 Å². The first-order chi connectivity index (χ1) is 8.46. The van der Waals surface area contributed by atoms with Crippen LogP contribution in [0.25, 0.3) is 0 Å². The van der Waals surface area contributed by atoms with E-state index < -0.39 is 5.54 Å². The van der Waals surface area contributed by atoms with Crippen molar-refractivity contribution < 1.29 is 4.79 Å². The number of hydrogen-bond acceptors (Lipinski definition) is 2. The Bertz CT molecular complexity index is 269. The Morgan fingerprint density at radius 3 is 2.22 bits per heavy atom. The normalized spacial score (nSPS) is 13.9. The van der Waals surface area contributed by atoms with Gasteiger partial charge in [0.1, 0.15) is 0 Å². The summed E-state index contributed by atoms with van der Waals surface area (Å²) in [7, 11) is 0. The van der Waals surface area contributed by atoms with Gasteiger partial charge in [-0.15, -0.1) is 0 Å². The Balaban J connectivity index is 3.80. The topological polar surface area (TPSA) is 55.1 Å². The average Bonchev–Trinajstić information content (AvgIpc) is 2.33. The molecule has 0 aliphatic heterocycles. The maximum Gasteiger partial charge on any atom is 0.220 e. The molecule has 1 unspecified atom stereocenters. The fourth-order valence-electron chi connectivity index (χ4n) is 1.76. The molecule has 0 aliphatic rings. The summed E-state index contributed by atoms with van der Waals surface area (Å²) in [5, 5.41) is 2.94. The zero-order chi connectivity index (χ0) is 14.0. The number of nitrogens with two attached hydrogens (primary N) is 1. The van der Waals surface area contributed by atoms with Crippen LogP contribution in [0.2, 0.25) is 0 Å². The van der Waals surface area contributed by atoms with Crippen LogP contribution in [0.5, 0.6) is 0 Å². The van der Waals surface area contributed by atoms with Gasteiger partial charge in [0.05, 0.1) is 10.5 Å². The minimum absolute atomic E-state index is 0.0580.